The van der Waals surface area contributed by atoms with Crippen molar-refractivity contribution in [3.63, 3.8) is 0 Å². The molecule has 16 heavy (non-hydrogen) atoms. The van der Waals surface area contributed by atoms with E-state index in [-0.39, 0.29) is 12.1 Å². The maximum atomic E-state index is 6.18. The Morgan fingerprint density at radius 3 is 2.62 bits per heavy atom. The summed E-state index contributed by atoms with van der Waals surface area (Å²) < 4.78 is 2.12. The molecule has 2 unspecified atom stereocenters. The zero-order valence-corrected chi connectivity index (χ0v) is 9.85. The number of fused-ring (bicyclic) bond motifs is 1. The molecule has 0 aliphatic rings. The van der Waals surface area contributed by atoms with Gasteiger partial charge in [-0.25, -0.2) is 0 Å². The molecule has 1 aromatic heterocycles. The van der Waals surface area contributed by atoms with Crippen molar-refractivity contribution >= 4 is 10.9 Å². The number of nitrogens with zero attached hydrogens (tertiary/aromatic N) is 1. The van der Waals surface area contributed by atoms with Crippen molar-refractivity contribution in [3.05, 3.63) is 36.0 Å². The van der Waals surface area contributed by atoms with E-state index in [4.69, 9.17) is 11.5 Å². The van der Waals surface area contributed by atoms with Crippen molar-refractivity contribution in [2.75, 3.05) is 0 Å². The summed E-state index contributed by atoms with van der Waals surface area (Å²) in [6, 6.07) is 8.47. The molecule has 0 amide bonds. The smallest absolute Gasteiger partial charge is 0.0481 e. The second kappa shape index (κ2) is 4.28. The zero-order chi connectivity index (χ0) is 11.7. The molecule has 0 saturated carbocycles. The highest BCUT2D eigenvalue weighted by Gasteiger charge is 2.14. The molecule has 3 heteroatoms. The minimum absolute atomic E-state index is 0.0195. The molecule has 0 radical (unpaired) electrons. The molecule has 86 valence electrons. The number of aromatic nitrogens is 1. The topological polar surface area (TPSA) is 57.0 Å². The van der Waals surface area contributed by atoms with Crippen molar-refractivity contribution in [1.29, 1.82) is 0 Å². The fourth-order valence-electron chi connectivity index (χ4n) is 2.20. The first kappa shape index (κ1) is 11.2. The summed E-state index contributed by atoms with van der Waals surface area (Å²) in [6.07, 6.45) is 2.92. The Morgan fingerprint density at radius 2 is 1.94 bits per heavy atom. The lowest BCUT2D eigenvalue weighted by Gasteiger charge is -2.13. The second-order valence-electron chi connectivity index (χ2n) is 4.53. The van der Waals surface area contributed by atoms with Crippen molar-refractivity contribution in [2.24, 2.45) is 18.5 Å². The maximum absolute atomic E-state index is 6.18. The predicted octanol–water partition coefficient (Wildman–Crippen LogP) is 1.92. The van der Waals surface area contributed by atoms with E-state index in [1.807, 2.05) is 26.1 Å². The van der Waals surface area contributed by atoms with Crippen molar-refractivity contribution in [1.82, 2.24) is 4.57 Å². The van der Waals surface area contributed by atoms with Gasteiger partial charge in [-0.2, -0.15) is 0 Å². The molecular formula is C13H19N3. The van der Waals surface area contributed by atoms with Crippen LogP contribution in [0.1, 0.15) is 24.9 Å². The second-order valence-corrected chi connectivity index (χ2v) is 4.53. The monoisotopic (exact) mass is 217 g/mol. The lowest BCUT2D eigenvalue weighted by atomic mass is 10.0. The molecule has 0 aliphatic heterocycles. The first-order valence-electron chi connectivity index (χ1n) is 5.64. The molecule has 1 heterocycles. The maximum Gasteiger partial charge on any atom is 0.0481 e. The standard InChI is InChI=1S/C13H19N3/c1-9(14)7-12(15)11-8-16(2)13-6-4-3-5-10(11)13/h3-6,8-9,12H,7,14-15H2,1-2H3. The van der Waals surface area contributed by atoms with Crippen molar-refractivity contribution < 1.29 is 0 Å². The number of nitrogens with two attached hydrogens (primary N) is 2. The van der Waals surface area contributed by atoms with Crippen LogP contribution in [0.5, 0.6) is 0 Å². The van der Waals surface area contributed by atoms with Crippen molar-refractivity contribution in [3.8, 4) is 0 Å². The third-order valence-corrected chi connectivity index (χ3v) is 2.95. The molecule has 3 nitrogen and oxygen atoms in total. The highest BCUT2D eigenvalue weighted by molar-refractivity contribution is 5.84. The van der Waals surface area contributed by atoms with Gasteiger partial charge in [0, 0.05) is 36.2 Å². The zero-order valence-electron chi connectivity index (χ0n) is 9.85. The first-order chi connectivity index (χ1) is 7.59. The predicted molar refractivity (Wildman–Crippen MR) is 68.1 cm³/mol. The van der Waals surface area contributed by atoms with Gasteiger partial charge in [0.15, 0.2) is 0 Å². The molecule has 0 spiro atoms. The van der Waals surface area contributed by atoms with Crippen LogP contribution in [0, 0.1) is 0 Å². The molecular weight excluding hydrogens is 198 g/mol. The van der Waals surface area contributed by atoms with Crippen LogP contribution in [0.2, 0.25) is 0 Å². The fraction of sp³-hybridized carbons (Fsp3) is 0.385. The van der Waals surface area contributed by atoms with Gasteiger partial charge >= 0.3 is 0 Å². The molecule has 2 atom stereocenters. The van der Waals surface area contributed by atoms with Crippen LogP contribution in [0.3, 0.4) is 0 Å². The van der Waals surface area contributed by atoms with E-state index < -0.39 is 0 Å². The largest absolute Gasteiger partial charge is 0.350 e. The lowest BCUT2D eigenvalue weighted by Crippen LogP contribution is -2.23. The highest BCUT2D eigenvalue weighted by Crippen LogP contribution is 2.26. The Bertz CT molecular complexity index is 485. The third kappa shape index (κ3) is 1.96. The molecule has 2 rings (SSSR count). The van der Waals surface area contributed by atoms with Crippen LogP contribution in [0.25, 0.3) is 10.9 Å². The van der Waals surface area contributed by atoms with Gasteiger partial charge in [0.1, 0.15) is 0 Å². The summed E-state index contributed by atoms with van der Waals surface area (Å²) in [6.45, 7) is 1.99. The van der Waals surface area contributed by atoms with E-state index >= 15 is 0 Å². The minimum atomic E-state index is 0.0195. The normalized spacial score (nSPS) is 15.2. The average molecular weight is 217 g/mol. The van der Waals surface area contributed by atoms with Gasteiger partial charge in [-0.1, -0.05) is 18.2 Å². The van der Waals surface area contributed by atoms with E-state index in [1.165, 1.54) is 16.5 Å². The number of aryl methyl sites for hydroxylation is 1. The van der Waals surface area contributed by atoms with E-state index in [1.54, 1.807) is 0 Å². The Hall–Kier alpha value is -1.32. The van der Waals surface area contributed by atoms with E-state index in [0.717, 1.165) is 6.42 Å². The highest BCUT2D eigenvalue weighted by atomic mass is 14.9. The van der Waals surface area contributed by atoms with E-state index in [9.17, 15) is 0 Å². The van der Waals surface area contributed by atoms with Crippen LogP contribution < -0.4 is 11.5 Å². The number of hydrogen-bond acceptors (Lipinski definition) is 2. The van der Waals surface area contributed by atoms with Crippen LogP contribution in [0.4, 0.5) is 0 Å². The molecule has 4 N–H and O–H groups in total. The lowest BCUT2D eigenvalue weighted by molar-refractivity contribution is 0.570. The number of para-hydroxylation sites is 1. The van der Waals surface area contributed by atoms with Crippen molar-refractivity contribution in [2.45, 2.75) is 25.4 Å². The number of benzene rings is 1. The summed E-state index contributed by atoms with van der Waals surface area (Å²) in [4.78, 5) is 0. The summed E-state index contributed by atoms with van der Waals surface area (Å²) in [5, 5.41) is 1.23. The molecule has 0 bridgehead atoms. The Morgan fingerprint density at radius 1 is 1.25 bits per heavy atom. The summed E-state index contributed by atoms with van der Waals surface area (Å²) in [5.41, 5.74) is 14.4. The van der Waals surface area contributed by atoms with Gasteiger partial charge in [0.2, 0.25) is 0 Å². The van der Waals surface area contributed by atoms with Gasteiger partial charge in [0.05, 0.1) is 0 Å². The van der Waals surface area contributed by atoms with E-state index in [2.05, 4.69) is 22.9 Å². The molecule has 2 aromatic rings. The summed E-state index contributed by atoms with van der Waals surface area (Å²) in [5.74, 6) is 0. The summed E-state index contributed by atoms with van der Waals surface area (Å²) in [7, 11) is 2.05. The fourth-order valence-corrected chi connectivity index (χ4v) is 2.20. The molecule has 1 aromatic carbocycles. The van der Waals surface area contributed by atoms with Crippen LogP contribution in [-0.4, -0.2) is 10.6 Å². The third-order valence-electron chi connectivity index (χ3n) is 2.95. The van der Waals surface area contributed by atoms with E-state index in [0.29, 0.717) is 0 Å². The van der Waals surface area contributed by atoms with Crippen LogP contribution in [0.15, 0.2) is 30.5 Å². The summed E-state index contributed by atoms with van der Waals surface area (Å²) >= 11 is 0. The Kier molecular flexibility index (Phi) is 2.99. The van der Waals surface area contributed by atoms with Crippen LogP contribution in [-0.2, 0) is 7.05 Å². The van der Waals surface area contributed by atoms with Crippen LogP contribution >= 0.6 is 0 Å². The number of rotatable bonds is 3. The minimum Gasteiger partial charge on any atom is -0.350 e. The number of hydrogen-bond donors (Lipinski definition) is 2. The average Bonchev–Trinajstić information content (AvgIpc) is 2.56. The van der Waals surface area contributed by atoms with Gasteiger partial charge in [-0.05, 0) is 25.0 Å². The Labute approximate surface area is 96.0 Å². The quantitative estimate of drug-likeness (QED) is 0.825. The molecule has 0 aliphatic carbocycles. The Balaban J connectivity index is 2.44. The first-order valence-corrected chi connectivity index (χ1v) is 5.64. The van der Waals surface area contributed by atoms with Gasteiger partial charge in [-0.15, -0.1) is 0 Å². The molecule has 0 fully saturated rings. The van der Waals surface area contributed by atoms with Gasteiger partial charge in [0.25, 0.3) is 0 Å². The SMILES string of the molecule is CC(N)CC(N)c1cn(C)c2ccccc12. The molecule has 0 saturated heterocycles. The van der Waals surface area contributed by atoms with Gasteiger partial charge < -0.3 is 16.0 Å². The van der Waals surface area contributed by atoms with Gasteiger partial charge in [-0.3, -0.25) is 0 Å².